The number of carbonyl (C=O) groups is 2. The van der Waals surface area contributed by atoms with Gasteiger partial charge in [-0.05, 0) is 12.0 Å². The molecule has 24 heavy (non-hydrogen) atoms. The second-order valence-electron chi connectivity index (χ2n) is 5.11. The molecule has 0 bridgehead atoms. The molecule has 1 heterocycles. The van der Waals surface area contributed by atoms with E-state index >= 15 is 0 Å². The third-order valence-electron chi connectivity index (χ3n) is 3.67. The molecule has 0 N–H and O–H groups in total. The molecule has 0 radical (unpaired) electrons. The smallest absolute Gasteiger partial charge is 0.413 e. The highest BCUT2D eigenvalue weighted by atomic mass is 31.2. The van der Waals surface area contributed by atoms with E-state index in [1.54, 1.807) is 0 Å². The summed E-state index contributed by atoms with van der Waals surface area (Å²) in [4.78, 5) is 25.2. The van der Waals surface area contributed by atoms with Crippen molar-refractivity contribution in [1.82, 2.24) is 4.90 Å². The van der Waals surface area contributed by atoms with Gasteiger partial charge >= 0.3 is 19.7 Å². The van der Waals surface area contributed by atoms with Crippen molar-refractivity contribution in [2.45, 2.75) is 19.1 Å². The first-order valence-electron chi connectivity index (χ1n) is 7.33. The van der Waals surface area contributed by atoms with Crippen LogP contribution in [0.25, 0.3) is 0 Å². The highest BCUT2D eigenvalue weighted by Crippen LogP contribution is 2.47. The monoisotopic (exact) mass is 357 g/mol. The average Bonchev–Trinajstić information content (AvgIpc) is 2.99. The van der Waals surface area contributed by atoms with Crippen LogP contribution in [0.3, 0.4) is 0 Å². The van der Waals surface area contributed by atoms with Crippen LogP contribution in [0.4, 0.5) is 4.79 Å². The van der Waals surface area contributed by atoms with Gasteiger partial charge in [0.2, 0.25) is 0 Å². The van der Waals surface area contributed by atoms with Gasteiger partial charge in [0.15, 0.2) is 6.73 Å². The molecule has 0 unspecified atom stereocenters. The summed E-state index contributed by atoms with van der Waals surface area (Å²) in [6.45, 7) is -0.104. The van der Waals surface area contributed by atoms with E-state index in [4.69, 9.17) is 18.5 Å². The van der Waals surface area contributed by atoms with Crippen molar-refractivity contribution in [1.29, 1.82) is 0 Å². The topological polar surface area (TPSA) is 91.4 Å². The maximum absolute atomic E-state index is 12.2. The van der Waals surface area contributed by atoms with Gasteiger partial charge in [-0.15, -0.1) is 0 Å². The van der Waals surface area contributed by atoms with Crippen LogP contribution in [-0.4, -0.2) is 50.1 Å². The molecule has 1 fully saturated rings. The third kappa shape index (κ3) is 4.56. The van der Waals surface area contributed by atoms with Gasteiger partial charge in [0.1, 0.15) is 12.6 Å². The highest BCUT2D eigenvalue weighted by molar-refractivity contribution is 7.53. The fourth-order valence-electron chi connectivity index (χ4n) is 2.24. The third-order valence-corrected chi connectivity index (χ3v) is 5.59. The Hall–Kier alpha value is -1.89. The van der Waals surface area contributed by atoms with Gasteiger partial charge in [-0.1, -0.05) is 30.3 Å². The van der Waals surface area contributed by atoms with E-state index in [0.717, 1.165) is 5.56 Å². The zero-order valence-corrected chi connectivity index (χ0v) is 14.4. The summed E-state index contributed by atoms with van der Waals surface area (Å²) in [5.74, 6) is -0.564. The van der Waals surface area contributed by atoms with Crippen LogP contribution in [0, 0.1) is 0 Å². The van der Waals surface area contributed by atoms with E-state index < -0.39 is 25.7 Å². The van der Waals surface area contributed by atoms with E-state index in [-0.39, 0.29) is 25.9 Å². The summed E-state index contributed by atoms with van der Waals surface area (Å²) < 4.78 is 31.8. The van der Waals surface area contributed by atoms with Crippen molar-refractivity contribution in [3.8, 4) is 0 Å². The fourth-order valence-corrected chi connectivity index (χ4v) is 3.31. The molecular formula is C15H20NO7P. The van der Waals surface area contributed by atoms with Crippen LogP contribution in [-0.2, 0) is 34.5 Å². The number of esters is 1. The molecule has 1 aliphatic rings. The van der Waals surface area contributed by atoms with E-state index in [2.05, 4.69) is 0 Å². The maximum atomic E-state index is 12.2. The summed E-state index contributed by atoms with van der Waals surface area (Å²) in [5, 5.41) is 0. The minimum atomic E-state index is -3.27. The highest BCUT2D eigenvalue weighted by Gasteiger charge is 2.40. The number of cyclic esters (lactones) is 1. The molecule has 0 saturated carbocycles. The SMILES string of the molecule is COP(=O)(CC[C@H]1C(=O)OCN1C(=O)OCc1ccccc1)OC. The lowest BCUT2D eigenvalue weighted by molar-refractivity contribution is -0.139. The van der Waals surface area contributed by atoms with Crippen LogP contribution < -0.4 is 0 Å². The Morgan fingerprint density at radius 1 is 1.29 bits per heavy atom. The molecule has 1 aromatic rings. The van der Waals surface area contributed by atoms with Crippen LogP contribution in [0.15, 0.2) is 30.3 Å². The van der Waals surface area contributed by atoms with Crippen molar-refractivity contribution >= 4 is 19.7 Å². The van der Waals surface area contributed by atoms with E-state index in [1.165, 1.54) is 19.1 Å². The van der Waals surface area contributed by atoms with Crippen molar-refractivity contribution < 1.29 is 32.7 Å². The number of rotatable bonds is 7. The maximum Gasteiger partial charge on any atom is 0.413 e. The molecule has 1 aromatic carbocycles. The molecule has 0 aromatic heterocycles. The van der Waals surface area contributed by atoms with Crippen molar-refractivity contribution in [2.75, 3.05) is 27.1 Å². The summed E-state index contributed by atoms with van der Waals surface area (Å²) in [6, 6.07) is 8.31. The van der Waals surface area contributed by atoms with Gasteiger partial charge < -0.3 is 18.5 Å². The normalized spacial score (nSPS) is 17.7. The predicted octanol–water partition coefficient (Wildman–Crippen LogP) is 2.38. The number of amides is 1. The Balaban J connectivity index is 1.93. The first-order valence-corrected chi connectivity index (χ1v) is 9.06. The van der Waals surface area contributed by atoms with Gasteiger partial charge in [0.25, 0.3) is 0 Å². The molecular weight excluding hydrogens is 337 g/mol. The number of nitrogens with zero attached hydrogens (tertiary/aromatic N) is 1. The van der Waals surface area contributed by atoms with Crippen molar-refractivity contribution in [2.24, 2.45) is 0 Å². The van der Waals surface area contributed by atoms with Crippen molar-refractivity contribution in [3.05, 3.63) is 35.9 Å². The Kier molecular flexibility index (Phi) is 6.36. The first kappa shape index (κ1) is 18.4. The largest absolute Gasteiger partial charge is 0.444 e. The van der Waals surface area contributed by atoms with Crippen LogP contribution in [0.5, 0.6) is 0 Å². The summed E-state index contributed by atoms with van der Waals surface area (Å²) in [6.07, 6.45) is -0.583. The summed E-state index contributed by atoms with van der Waals surface area (Å²) in [7, 11) is -0.733. The molecule has 2 rings (SSSR count). The number of hydrogen-bond acceptors (Lipinski definition) is 7. The van der Waals surface area contributed by atoms with E-state index in [1.807, 2.05) is 30.3 Å². The zero-order valence-electron chi connectivity index (χ0n) is 13.5. The second kappa shape index (κ2) is 8.28. The molecule has 132 valence electrons. The summed E-state index contributed by atoms with van der Waals surface area (Å²) >= 11 is 0. The van der Waals surface area contributed by atoms with Crippen LogP contribution >= 0.6 is 7.60 Å². The van der Waals surface area contributed by atoms with Gasteiger partial charge in [-0.2, -0.15) is 0 Å². The Labute approximate surface area is 140 Å². The second-order valence-corrected chi connectivity index (χ2v) is 7.51. The van der Waals surface area contributed by atoms with Gasteiger partial charge in [-0.3, -0.25) is 9.46 Å². The number of benzene rings is 1. The van der Waals surface area contributed by atoms with Crippen molar-refractivity contribution in [3.63, 3.8) is 0 Å². The van der Waals surface area contributed by atoms with Crippen LogP contribution in [0.1, 0.15) is 12.0 Å². The quantitative estimate of drug-likeness (QED) is 0.546. The standard InChI is InChI=1S/C15H20NO7P/c1-20-24(19,21-2)9-8-13-14(17)23-11-16(13)15(18)22-10-12-6-4-3-5-7-12/h3-7,13H,8-11H2,1-2H3/t13-/m0/s1. The molecule has 0 aliphatic carbocycles. The molecule has 8 nitrogen and oxygen atoms in total. The zero-order chi connectivity index (χ0) is 17.6. The summed E-state index contributed by atoms with van der Waals surface area (Å²) in [5.41, 5.74) is 0.831. The Morgan fingerprint density at radius 3 is 2.58 bits per heavy atom. The molecule has 1 aliphatic heterocycles. The minimum Gasteiger partial charge on any atom is -0.444 e. The van der Waals surface area contributed by atoms with Gasteiger partial charge in [-0.25, -0.2) is 9.59 Å². The minimum absolute atomic E-state index is 0.0117. The number of carbonyl (C=O) groups excluding carboxylic acids is 2. The van der Waals surface area contributed by atoms with Crippen LogP contribution in [0.2, 0.25) is 0 Å². The average molecular weight is 357 g/mol. The Bertz CT molecular complexity index is 614. The molecule has 9 heteroatoms. The Morgan fingerprint density at radius 2 is 1.96 bits per heavy atom. The predicted molar refractivity (Wildman–Crippen MR) is 84.3 cm³/mol. The van der Waals surface area contributed by atoms with E-state index in [9.17, 15) is 14.2 Å². The lowest BCUT2D eigenvalue weighted by atomic mass is 10.2. The van der Waals surface area contributed by atoms with Gasteiger partial charge in [0.05, 0.1) is 6.16 Å². The van der Waals surface area contributed by atoms with E-state index in [0.29, 0.717) is 0 Å². The molecule has 1 amide bonds. The fraction of sp³-hybridized carbons (Fsp3) is 0.467. The molecule has 1 atom stereocenters. The number of ether oxygens (including phenoxy) is 2. The lowest BCUT2D eigenvalue weighted by Gasteiger charge is -2.21. The van der Waals surface area contributed by atoms with Gasteiger partial charge in [0, 0.05) is 14.2 Å². The lowest BCUT2D eigenvalue weighted by Crippen LogP contribution is -2.39. The molecule has 0 spiro atoms. The molecule has 1 saturated heterocycles. The number of hydrogen-bond donors (Lipinski definition) is 0. The first-order chi connectivity index (χ1) is 11.5.